The van der Waals surface area contributed by atoms with Crippen molar-refractivity contribution in [3.05, 3.63) is 0 Å². The molecule has 2 fully saturated rings. The Labute approximate surface area is 138 Å². The molecule has 1 saturated carbocycles. The predicted molar refractivity (Wildman–Crippen MR) is 84.9 cm³/mol. The van der Waals surface area contributed by atoms with Gasteiger partial charge in [0.05, 0.1) is 37.9 Å². The molecule has 2 aliphatic rings. The van der Waals surface area contributed by atoms with Crippen molar-refractivity contribution in [2.24, 2.45) is 5.92 Å². The zero-order valence-corrected chi connectivity index (χ0v) is 14.5. The Morgan fingerprint density at radius 3 is 2.35 bits per heavy atom. The number of methoxy groups -OCH3 is 2. The molecule has 6 nitrogen and oxygen atoms in total. The molecule has 2 atom stereocenters. The van der Waals surface area contributed by atoms with E-state index in [4.69, 9.17) is 14.2 Å². The van der Waals surface area contributed by atoms with Gasteiger partial charge in [-0.2, -0.15) is 0 Å². The van der Waals surface area contributed by atoms with Gasteiger partial charge in [0.25, 0.3) is 0 Å². The number of likely N-dealkylation sites (tertiary alicyclic amines) is 1. The summed E-state index contributed by atoms with van der Waals surface area (Å²) in [6.45, 7) is 3.10. The van der Waals surface area contributed by atoms with Crippen LogP contribution in [0.25, 0.3) is 0 Å². The van der Waals surface area contributed by atoms with Gasteiger partial charge in [-0.3, -0.25) is 9.59 Å². The second-order valence-electron chi connectivity index (χ2n) is 6.48. The van der Waals surface area contributed by atoms with Crippen molar-refractivity contribution in [1.82, 2.24) is 4.90 Å². The van der Waals surface area contributed by atoms with Gasteiger partial charge in [-0.15, -0.1) is 0 Å². The highest BCUT2D eigenvalue weighted by atomic mass is 16.5. The molecular weight excluding hydrogens is 298 g/mol. The number of carbonyl (C=O) groups excluding carboxylic acids is 2. The molecule has 0 N–H and O–H groups in total. The number of ether oxygens (including phenoxy) is 3. The molecule has 2 unspecified atom stereocenters. The van der Waals surface area contributed by atoms with Crippen molar-refractivity contribution in [3.63, 3.8) is 0 Å². The molecule has 0 radical (unpaired) electrons. The first-order chi connectivity index (χ1) is 11.1. The zero-order valence-electron chi connectivity index (χ0n) is 14.5. The van der Waals surface area contributed by atoms with Gasteiger partial charge in [0.1, 0.15) is 0 Å². The van der Waals surface area contributed by atoms with Gasteiger partial charge in [0, 0.05) is 20.1 Å². The van der Waals surface area contributed by atoms with Crippen molar-refractivity contribution < 1.29 is 23.8 Å². The van der Waals surface area contributed by atoms with E-state index in [1.807, 2.05) is 11.8 Å². The first-order valence-corrected chi connectivity index (χ1v) is 8.60. The van der Waals surface area contributed by atoms with Crippen molar-refractivity contribution in [2.45, 2.75) is 63.7 Å². The van der Waals surface area contributed by atoms with E-state index in [1.165, 1.54) is 7.11 Å². The minimum atomic E-state index is -0.109. The molecule has 1 aliphatic carbocycles. The number of rotatable bonds is 6. The summed E-state index contributed by atoms with van der Waals surface area (Å²) < 4.78 is 16.3. The summed E-state index contributed by atoms with van der Waals surface area (Å²) in [5.41, 5.74) is 0. The largest absolute Gasteiger partial charge is 0.469 e. The molecule has 1 aliphatic heterocycles. The normalized spacial score (nSPS) is 31.2. The fourth-order valence-corrected chi connectivity index (χ4v) is 3.59. The van der Waals surface area contributed by atoms with Gasteiger partial charge < -0.3 is 19.1 Å². The summed E-state index contributed by atoms with van der Waals surface area (Å²) in [4.78, 5) is 25.5. The Kier molecular flexibility index (Phi) is 6.84. The summed E-state index contributed by atoms with van der Waals surface area (Å²) in [6.07, 6.45) is 5.02. The molecule has 23 heavy (non-hydrogen) atoms. The molecule has 132 valence electrons. The topological polar surface area (TPSA) is 65.1 Å². The summed E-state index contributed by atoms with van der Waals surface area (Å²) in [7, 11) is 3.13. The third-order valence-electron chi connectivity index (χ3n) is 5.07. The van der Waals surface area contributed by atoms with E-state index in [0.717, 1.165) is 32.1 Å². The molecule has 1 saturated heterocycles. The maximum Gasteiger partial charge on any atom is 0.308 e. The molecule has 0 aromatic rings. The van der Waals surface area contributed by atoms with Gasteiger partial charge >= 0.3 is 5.97 Å². The number of esters is 1. The van der Waals surface area contributed by atoms with Crippen molar-refractivity contribution in [1.29, 1.82) is 0 Å². The fraction of sp³-hybridized carbons (Fsp3) is 0.882. The summed E-state index contributed by atoms with van der Waals surface area (Å²) in [5, 5.41) is 0. The van der Waals surface area contributed by atoms with Gasteiger partial charge in [-0.1, -0.05) is 6.92 Å². The highest BCUT2D eigenvalue weighted by molar-refractivity contribution is 5.76. The minimum absolute atomic E-state index is 0.0161. The number of hydrogen-bond donors (Lipinski definition) is 0. The zero-order chi connectivity index (χ0) is 16.8. The molecule has 2 rings (SSSR count). The van der Waals surface area contributed by atoms with Crippen molar-refractivity contribution >= 4 is 11.9 Å². The van der Waals surface area contributed by atoms with Crippen LogP contribution >= 0.6 is 0 Å². The third kappa shape index (κ3) is 4.67. The lowest BCUT2D eigenvalue weighted by Crippen LogP contribution is -2.39. The first-order valence-electron chi connectivity index (χ1n) is 8.60. The Bertz CT molecular complexity index is 406. The summed E-state index contributed by atoms with van der Waals surface area (Å²) in [6, 6.07) is 0.103. The first kappa shape index (κ1) is 18.2. The third-order valence-corrected chi connectivity index (χ3v) is 5.07. The second-order valence-corrected chi connectivity index (χ2v) is 6.48. The van der Waals surface area contributed by atoms with Crippen LogP contribution in [0.3, 0.4) is 0 Å². The Balaban J connectivity index is 1.78. The predicted octanol–water partition coefficient (Wildman–Crippen LogP) is 1.76. The van der Waals surface area contributed by atoms with E-state index < -0.39 is 0 Å². The standard InChI is InChI=1S/C17H29NO5/c1-4-16(19)18-10-15(21-2)9-13(18)11-23-14-7-5-12(6-8-14)17(20)22-3/h12-15H,4-11H2,1-3H3. The van der Waals surface area contributed by atoms with Crippen LogP contribution in [0.5, 0.6) is 0 Å². The average molecular weight is 327 g/mol. The molecular formula is C17H29NO5. The van der Waals surface area contributed by atoms with Gasteiger partial charge in [0.15, 0.2) is 0 Å². The monoisotopic (exact) mass is 327 g/mol. The quantitative estimate of drug-likeness (QED) is 0.696. The maximum absolute atomic E-state index is 12.1. The van der Waals surface area contributed by atoms with Crippen molar-refractivity contribution in [3.8, 4) is 0 Å². The number of hydrogen-bond acceptors (Lipinski definition) is 5. The number of amides is 1. The van der Waals surface area contributed by atoms with E-state index in [9.17, 15) is 9.59 Å². The van der Waals surface area contributed by atoms with E-state index in [0.29, 0.717) is 19.6 Å². The number of nitrogens with zero attached hydrogens (tertiary/aromatic N) is 1. The minimum Gasteiger partial charge on any atom is -0.469 e. The summed E-state index contributed by atoms with van der Waals surface area (Å²) >= 11 is 0. The van der Waals surface area contributed by atoms with Crippen LogP contribution in [0.15, 0.2) is 0 Å². The van der Waals surface area contributed by atoms with Gasteiger partial charge in [-0.05, 0) is 32.1 Å². The Morgan fingerprint density at radius 1 is 1.09 bits per heavy atom. The SMILES string of the molecule is CCC(=O)N1CC(OC)CC1COC1CCC(C(=O)OC)CC1. The van der Waals surface area contributed by atoms with Crippen LogP contribution in [0.1, 0.15) is 45.4 Å². The average Bonchev–Trinajstić information content (AvgIpc) is 3.02. The van der Waals surface area contributed by atoms with E-state index >= 15 is 0 Å². The lowest BCUT2D eigenvalue weighted by atomic mass is 9.87. The van der Waals surface area contributed by atoms with Gasteiger partial charge in [-0.25, -0.2) is 0 Å². The lowest BCUT2D eigenvalue weighted by Gasteiger charge is -2.30. The Hall–Kier alpha value is -1.14. The highest BCUT2D eigenvalue weighted by Crippen LogP contribution is 2.28. The molecule has 0 bridgehead atoms. The summed E-state index contributed by atoms with van der Waals surface area (Å²) in [5.74, 6) is 0.0665. The Morgan fingerprint density at radius 2 is 1.78 bits per heavy atom. The fourth-order valence-electron chi connectivity index (χ4n) is 3.59. The molecule has 1 heterocycles. The van der Waals surface area contributed by atoms with E-state index in [2.05, 4.69) is 0 Å². The van der Waals surface area contributed by atoms with Crippen LogP contribution in [0.4, 0.5) is 0 Å². The van der Waals surface area contributed by atoms with Crippen LogP contribution in [-0.2, 0) is 23.8 Å². The maximum atomic E-state index is 12.1. The highest BCUT2D eigenvalue weighted by Gasteiger charge is 2.35. The molecule has 6 heteroatoms. The lowest BCUT2D eigenvalue weighted by molar-refractivity contribution is -0.148. The van der Waals surface area contributed by atoms with Gasteiger partial charge in [0.2, 0.25) is 5.91 Å². The van der Waals surface area contributed by atoms with Crippen molar-refractivity contribution in [2.75, 3.05) is 27.4 Å². The number of carbonyl (C=O) groups is 2. The van der Waals surface area contributed by atoms with Crippen LogP contribution in [-0.4, -0.2) is 62.4 Å². The van der Waals surface area contributed by atoms with E-state index in [1.54, 1.807) is 7.11 Å². The van der Waals surface area contributed by atoms with Crippen LogP contribution in [0, 0.1) is 5.92 Å². The second kappa shape index (κ2) is 8.64. The molecule has 0 aromatic carbocycles. The molecule has 0 spiro atoms. The molecule has 0 aromatic heterocycles. The smallest absolute Gasteiger partial charge is 0.308 e. The van der Waals surface area contributed by atoms with Crippen LogP contribution < -0.4 is 0 Å². The van der Waals surface area contributed by atoms with E-state index in [-0.39, 0.29) is 36.0 Å². The van der Waals surface area contributed by atoms with Crippen LogP contribution in [0.2, 0.25) is 0 Å². The molecule has 1 amide bonds.